The van der Waals surface area contributed by atoms with E-state index >= 15 is 0 Å². The smallest absolute Gasteiger partial charge is 0.171 e. The molecule has 1 atom stereocenters. The first-order valence-electron chi connectivity index (χ1n) is 6.69. The normalized spacial score (nSPS) is 25.7. The van der Waals surface area contributed by atoms with Gasteiger partial charge in [0.2, 0.25) is 0 Å². The summed E-state index contributed by atoms with van der Waals surface area (Å²) in [5.41, 5.74) is 0.173. The summed E-state index contributed by atoms with van der Waals surface area (Å²) in [6.07, 6.45) is 9.20. The van der Waals surface area contributed by atoms with Gasteiger partial charge in [-0.1, -0.05) is 24.4 Å². The summed E-state index contributed by atoms with van der Waals surface area (Å²) in [5.74, 6) is 0.648. The van der Waals surface area contributed by atoms with Crippen molar-refractivity contribution in [2.75, 3.05) is 6.61 Å². The Morgan fingerprint density at radius 2 is 2.22 bits per heavy atom. The third-order valence-corrected chi connectivity index (χ3v) is 4.29. The Morgan fingerprint density at radius 3 is 3.00 bits per heavy atom. The molecule has 0 N–H and O–H groups in total. The molecule has 0 bridgehead atoms. The zero-order valence-corrected chi connectivity index (χ0v) is 11.2. The number of nitrogens with zero attached hydrogens (tertiary/aromatic N) is 1. The van der Waals surface area contributed by atoms with Crippen LogP contribution in [0.3, 0.4) is 0 Å². The molecule has 2 heterocycles. The molecular weight excluding hydrogens is 250 g/mol. The summed E-state index contributed by atoms with van der Waals surface area (Å²) in [5, 5.41) is 0.422. The van der Waals surface area contributed by atoms with Crippen LogP contribution < -0.4 is 4.74 Å². The van der Waals surface area contributed by atoms with E-state index in [1.807, 2.05) is 12.1 Å². The molecule has 3 nitrogen and oxygen atoms in total. The highest BCUT2D eigenvalue weighted by Gasteiger charge is 2.42. The van der Waals surface area contributed by atoms with E-state index in [1.54, 1.807) is 6.20 Å². The lowest BCUT2D eigenvalue weighted by molar-refractivity contribution is -0.0509. The van der Waals surface area contributed by atoms with Crippen LogP contribution in [0.5, 0.6) is 5.75 Å². The third-order valence-electron chi connectivity index (χ3n) is 4.00. The monoisotopic (exact) mass is 267 g/mol. The lowest BCUT2D eigenvalue weighted by Crippen LogP contribution is -2.27. The van der Waals surface area contributed by atoms with Crippen molar-refractivity contribution in [1.29, 1.82) is 0 Å². The average Bonchev–Trinajstić information content (AvgIpc) is 3.00. The zero-order valence-electron chi connectivity index (χ0n) is 10.4. The van der Waals surface area contributed by atoms with Gasteiger partial charge in [-0.2, -0.15) is 0 Å². The molecule has 98 valence electrons. The van der Waals surface area contributed by atoms with Gasteiger partial charge in [-0.25, -0.2) is 4.98 Å². The van der Waals surface area contributed by atoms with Crippen molar-refractivity contribution in [1.82, 2.24) is 4.98 Å². The van der Waals surface area contributed by atoms with E-state index in [0.717, 1.165) is 6.42 Å². The van der Waals surface area contributed by atoms with Gasteiger partial charge in [0.1, 0.15) is 6.61 Å². The molecule has 3 rings (SSSR count). The molecule has 0 amide bonds. The first-order valence-corrected chi connectivity index (χ1v) is 7.06. The quantitative estimate of drug-likeness (QED) is 0.784. The number of pyridine rings is 1. The molecule has 1 saturated carbocycles. The Labute approximate surface area is 112 Å². The van der Waals surface area contributed by atoms with Crippen molar-refractivity contribution in [3.05, 3.63) is 23.5 Å². The number of ether oxygens (including phenoxy) is 2. The van der Waals surface area contributed by atoms with Gasteiger partial charge in [-0.15, -0.1) is 0 Å². The molecule has 4 heteroatoms. The topological polar surface area (TPSA) is 31.4 Å². The fourth-order valence-electron chi connectivity index (χ4n) is 3.06. The molecule has 1 aliphatic heterocycles. The predicted octanol–water partition coefficient (Wildman–Crippen LogP) is 3.61. The molecule has 1 aromatic rings. The Kier molecular flexibility index (Phi) is 3.44. The summed E-state index contributed by atoms with van der Waals surface area (Å²) < 4.78 is 11.9. The van der Waals surface area contributed by atoms with Crippen molar-refractivity contribution >= 4 is 11.6 Å². The van der Waals surface area contributed by atoms with Gasteiger partial charge in [0.15, 0.2) is 10.9 Å². The van der Waals surface area contributed by atoms with Crippen LogP contribution in [0.25, 0.3) is 0 Å². The van der Waals surface area contributed by atoms with E-state index in [2.05, 4.69) is 4.98 Å². The summed E-state index contributed by atoms with van der Waals surface area (Å²) in [6.45, 7) is 0.577. The Hall–Kier alpha value is -0.800. The van der Waals surface area contributed by atoms with Crippen molar-refractivity contribution in [3.8, 4) is 5.75 Å². The molecule has 1 saturated heterocycles. The minimum atomic E-state index is 0.173. The Morgan fingerprint density at radius 1 is 1.39 bits per heavy atom. The fourth-order valence-corrected chi connectivity index (χ4v) is 3.24. The van der Waals surface area contributed by atoms with E-state index in [4.69, 9.17) is 21.1 Å². The predicted molar refractivity (Wildman–Crippen MR) is 70.0 cm³/mol. The average molecular weight is 268 g/mol. The van der Waals surface area contributed by atoms with Crippen LogP contribution in [-0.2, 0) is 4.74 Å². The summed E-state index contributed by atoms with van der Waals surface area (Å²) >= 11 is 5.95. The standard InChI is InChI=1S/C14H18ClNO2/c15-13-12(4-3-9-16-13)17-10-11-5-8-14(18-11)6-1-2-7-14/h3-4,9,11H,1-2,5-8,10H2. The number of halogens is 1. The molecule has 2 fully saturated rings. The van der Waals surface area contributed by atoms with E-state index < -0.39 is 0 Å². The summed E-state index contributed by atoms with van der Waals surface area (Å²) in [7, 11) is 0. The number of hydrogen-bond acceptors (Lipinski definition) is 3. The highest BCUT2D eigenvalue weighted by Crippen LogP contribution is 2.43. The van der Waals surface area contributed by atoms with Crippen LogP contribution in [0.2, 0.25) is 5.15 Å². The van der Waals surface area contributed by atoms with Crippen molar-refractivity contribution in [3.63, 3.8) is 0 Å². The van der Waals surface area contributed by atoms with Crippen molar-refractivity contribution in [2.24, 2.45) is 0 Å². The van der Waals surface area contributed by atoms with Crippen LogP contribution in [0, 0.1) is 0 Å². The van der Waals surface area contributed by atoms with Gasteiger partial charge in [-0.05, 0) is 37.8 Å². The minimum Gasteiger partial charge on any atom is -0.488 e. The Balaban J connectivity index is 1.54. The lowest BCUT2D eigenvalue weighted by atomic mass is 9.98. The number of aromatic nitrogens is 1. The Bertz CT molecular complexity index is 418. The second kappa shape index (κ2) is 5.06. The molecule has 2 aliphatic rings. The lowest BCUT2D eigenvalue weighted by Gasteiger charge is -2.23. The highest BCUT2D eigenvalue weighted by molar-refractivity contribution is 6.30. The van der Waals surface area contributed by atoms with Gasteiger partial charge >= 0.3 is 0 Å². The molecule has 1 spiro atoms. The molecule has 18 heavy (non-hydrogen) atoms. The molecule has 0 radical (unpaired) electrons. The molecule has 1 unspecified atom stereocenters. The number of rotatable bonds is 3. The van der Waals surface area contributed by atoms with Crippen LogP contribution in [0.15, 0.2) is 18.3 Å². The number of hydrogen-bond donors (Lipinski definition) is 0. The second-order valence-corrected chi connectivity index (χ2v) is 5.63. The first-order chi connectivity index (χ1) is 8.77. The SMILES string of the molecule is Clc1ncccc1OCC1CCC2(CCCC2)O1. The van der Waals surface area contributed by atoms with Gasteiger partial charge in [0.05, 0.1) is 11.7 Å². The first kappa shape index (κ1) is 12.2. The minimum absolute atomic E-state index is 0.173. The molecule has 0 aromatic carbocycles. The molecule has 1 aromatic heterocycles. The summed E-state index contributed by atoms with van der Waals surface area (Å²) in [4.78, 5) is 3.99. The summed E-state index contributed by atoms with van der Waals surface area (Å²) in [6, 6.07) is 3.67. The van der Waals surface area contributed by atoms with E-state index in [9.17, 15) is 0 Å². The van der Waals surface area contributed by atoms with Crippen molar-refractivity contribution in [2.45, 2.75) is 50.2 Å². The van der Waals surface area contributed by atoms with Gasteiger partial charge in [0, 0.05) is 6.20 Å². The third kappa shape index (κ3) is 2.47. The maximum atomic E-state index is 6.18. The second-order valence-electron chi connectivity index (χ2n) is 5.27. The van der Waals surface area contributed by atoms with Crippen molar-refractivity contribution < 1.29 is 9.47 Å². The van der Waals surface area contributed by atoms with E-state index in [-0.39, 0.29) is 11.7 Å². The van der Waals surface area contributed by atoms with Gasteiger partial charge in [-0.3, -0.25) is 0 Å². The fraction of sp³-hybridized carbons (Fsp3) is 0.643. The highest BCUT2D eigenvalue weighted by atomic mass is 35.5. The largest absolute Gasteiger partial charge is 0.488 e. The van der Waals surface area contributed by atoms with E-state index in [0.29, 0.717) is 17.5 Å². The zero-order chi connectivity index (χ0) is 12.4. The molecular formula is C14H18ClNO2. The van der Waals surface area contributed by atoms with Gasteiger partial charge < -0.3 is 9.47 Å². The molecule has 1 aliphatic carbocycles. The maximum absolute atomic E-state index is 6.18. The van der Waals surface area contributed by atoms with Crippen LogP contribution in [-0.4, -0.2) is 23.3 Å². The van der Waals surface area contributed by atoms with Crippen LogP contribution in [0.1, 0.15) is 38.5 Å². The van der Waals surface area contributed by atoms with Gasteiger partial charge in [0.25, 0.3) is 0 Å². The van der Waals surface area contributed by atoms with E-state index in [1.165, 1.54) is 32.1 Å². The van der Waals surface area contributed by atoms with Crippen LogP contribution >= 0.6 is 11.6 Å². The van der Waals surface area contributed by atoms with Crippen LogP contribution in [0.4, 0.5) is 0 Å². The maximum Gasteiger partial charge on any atom is 0.171 e.